The molecule has 0 saturated heterocycles. The molecule has 0 atom stereocenters. The van der Waals surface area contributed by atoms with Crippen molar-refractivity contribution in [1.82, 2.24) is 4.09 Å². The van der Waals surface area contributed by atoms with Crippen LogP contribution < -0.4 is 0 Å². The van der Waals surface area contributed by atoms with Gasteiger partial charge in [-0.15, -0.1) is 11.8 Å². The first-order chi connectivity index (χ1) is 8.51. The van der Waals surface area contributed by atoms with Crippen LogP contribution in [-0.4, -0.2) is 23.4 Å². The van der Waals surface area contributed by atoms with Gasteiger partial charge in [0.25, 0.3) is 0 Å². The quantitative estimate of drug-likeness (QED) is 0.436. The number of benzene rings is 1. The minimum Gasteiger partial charge on any atom is -0.465 e. The van der Waals surface area contributed by atoms with Crippen molar-refractivity contribution in [3.8, 4) is 0 Å². The number of hydrogen-bond acceptors (Lipinski definition) is 3. The number of ether oxygens (including phenoxy) is 1. The first-order valence-corrected chi connectivity index (χ1v) is 7.78. The lowest BCUT2D eigenvalue weighted by atomic mass is 10.1. The van der Waals surface area contributed by atoms with Crippen LogP contribution in [0.5, 0.6) is 0 Å². The fourth-order valence-corrected chi connectivity index (χ4v) is 4.01. The molecule has 0 saturated carbocycles. The molecule has 6 heteroatoms. The second-order valence-electron chi connectivity index (χ2n) is 3.75. The van der Waals surface area contributed by atoms with E-state index in [1.54, 1.807) is 21.9 Å². The van der Waals surface area contributed by atoms with Gasteiger partial charge in [-0.1, -0.05) is 0 Å². The van der Waals surface area contributed by atoms with E-state index in [1.165, 1.54) is 7.11 Å². The summed E-state index contributed by atoms with van der Waals surface area (Å²) >= 11 is 10.1. The number of esters is 1. The Kier molecular flexibility index (Phi) is 4.13. The number of methoxy groups -OCH3 is 1. The van der Waals surface area contributed by atoms with Gasteiger partial charge in [-0.05, 0) is 47.9 Å². The first-order valence-electron chi connectivity index (χ1n) is 5.14. The highest BCUT2D eigenvalue weighted by Crippen LogP contribution is 2.36. The molecule has 1 aromatic heterocycles. The van der Waals surface area contributed by atoms with Gasteiger partial charge >= 0.3 is 5.97 Å². The summed E-state index contributed by atoms with van der Waals surface area (Å²) in [5.41, 5.74) is 2.47. The molecule has 0 aliphatic heterocycles. The largest absolute Gasteiger partial charge is 0.465 e. The molecular weight excluding hydrogens is 385 g/mol. The molecule has 2 aromatic rings. The minimum absolute atomic E-state index is 0.332. The highest BCUT2D eigenvalue weighted by atomic mass is 127. The third kappa shape index (κ3) is 2.12. The Morgan fingerprint density at radius 2 is 2.17 bits per heavy atom. The predicted octanol–water partition coefficient (Wildman–Crippen LogP) is 4.06. The van der Waals surface area contributed by atoms with Gasteiger partial charge in [0.2, 0.25) is 0 Å². The second kappa shape index (κ2) is 5.30. The summed E-state index contributed by atoms with van der Waals surface area (Å²) in [6.45, 7) is 1.97. The average Bonchev–Trinajstić information content (AvgIpc) is 2.60. The van der Waals surface area contributed by atoms with Gasteiger partial charge in [0.05, 0.1) is 18.2 Å². The van der Waals surface area contributed by atoms with Crippen LogP contribution in [0.15, 0.2) is 17.0 Å². The molecule has 18 heavy (non-hydrogen) atoms. The van der Waals surface area contributed by atoms with Crippen LogP contribution in [0.25, 0.3) is 10.9 Å². The topological polar surface area (TPSA) is 31.2 Å². The van der Waals surface area contributed by atoms with Crippen molar-refractivity contribution in [2.24, 2.45) is 0 Å². The molecule has 0 aliphatic rings. The number of fused-ring (bicyclic) bond motifs is 1. The van der Waals surface area contributed by atoms with E-state index in [-0.39, 0.29) is 5.97 Å². The molecule has 0 unspecified atom stereocenters. The van der Waals surface area contributed by atoms with Gasteiger partial charge in [-0.3, -0.25) is 4.09 Å². The maximum Gasteiger partial charge on any atom is 0.337 e. The predicted molar refractivity (Wildman–Crippen MR) is 83.8 cm³/mol. The van der Waals surface area contributed by atoms with Crippen LogP contribution >= 0.6 is 46.1 Å². The minimum atomic E-state index is -0.332. The third-order valence-electron chi connectivity index (χ3n) is 2.75. The Morgan fingerprint density at radius 3 is 2.72 bits per heavy atom. The smallest absolute Gasteiger partial charge is 0.337 e. The summed E-state index contributed by atoms with van der Waals surface area (Å²) in [6, 6.07) is 3.62. The number of carbonyl (C=O) groups is 1. The number of thioether (sulfide) groups is 1. The number of hydrogen-bond donors (Lipinski definition) is 0. The van der Waals surface area contributed by atoms with Gasteiger partial charge in [0.1, 0.15) is 0 Å². The third-order valence-corrected chi connectivity index (χ3v) is 4.92. The summed E-state index contributed by atoms with van der Waals surface area (Å²) in [4.78, 5) is 12.7. The fourth-order valence-electron chi connectivity index (χ4n) is 1.92. The highest BCUT2D eigenvalue weighted by Gasteiger charge is 2.18. The summed E-state index contributed by atoms with van der Waals surface area (Å²) in [7, 11) is 1.38. The van der Waals surface area contributed by atoms with Crippen molar-refractivity contribution < 1.29 is 9.53 Å². The maximum absolute atomic E-state index is 11.6. The summed E-state index contributed by atoms with van der Waals surface area (Å²) in [5.74, 6) is -0.332. The average molecular weight is 396 g/mol. The number of halogens is 2. The molecule has 0 amide bonds. The Balaban J connectivity index is 2.83. The molecule has 0 radical (unpaired) electrons. The SMILES string of the molecule is COC(=O)c1cc(I)c2c(c1)c(SC)c(C)n2Cl. The Labute approximate surface area is 128 Å². The molecule has 1 aromatic carbocycles. The molecule has 2 rings (SSSR count). The zero-order valence-electron chi connectivity index (χ0n) is 10.1. The molecule has 0 bridgehead atoms. The van der Waals surface area contributed by atoms with E-state index >= 15 is 0 Å². The van der Waals surface area contributed by atoms with Crippen molar-refractivity contribution in [2.75, 3.05) is 13.4 Å². The van der Waals surface area contributed by atoms with Gasteiger partial charge in [0, 0.05) is 31.3 Å². The maximum atomic E-state index is 11.6. The molecule has 0 fully saturated rings. The molecule has 96 valence electrons. The van der Waals surface area contributed by atoms with Crippen LogP contribution in [0.4, 0.5) is 0 Å². The number of nitrogens with zero attached hydrogens (tertiary/aromatic N) is 1. The van der Waals surface area contributed by atoms with Gasteiger partial charge in [-0.2, -0.15) is 0 Å². The van der Waals surface area contributed by atoms with Crippen molar-refractivity contribution in [2.45, 2.75) is 11.8 Å². The van der Waals surface area contributed by atoms with Crippen LogP contribution in [-0.2, 0) is 4.74 Å². The Hall–Kier alpha value is -0.400. The van der Waals surface area contributed by atoms with E-state index in [0.29, 0.717) is 5.56 Å². The van der Waals surface area contributed by atoms with Crippen molar-refractivity contribution >= 4 is 63.0 Å². The van der Waals surface area contributed by atoms with Crippen LogP contribution in [0.1, 0.15) is 16.1 Å². The van der Waals surface area contributed by atoms with Crippen molar-refractivity contribution in [3.05, 3.63) is 27.0 Å². The molecule has 0 spiro atoms. The van der Waals surface area contributed by atoms with Crippen LogP contribution in [0, 0.1) is 10.5 Å². The molecular formula is C12H11ClINO2S. The monoisotopic (exact) mass is 395 g/mol. The lowest BCUT2D eigenvalue weighted by molar-refractivity contribution is 0.0601. The van der Waals surface area contributed by atoms with Gasteiger partial charge in [-0.25, -0.2) is 4.79 Å². The van der Waals surface area contributed by atoms with E-state index < -0.39 is 0 Å². The zero-order chi connectivity index (χ0) is 13.4. The second-order valence-corrected chi connectivity index (χ2v) is 6.06. The molecule has 0 aliphatic carbocycles. The molecule has 0 N–H and O–H groups in total. The lowest BCUT2D eigenvalue weighted by Gasteiger charge is -2.03. The number of aromatic nitrogens is 1. The van der Waals surface area contributed by atoms with Crippen LogP contribution in [0.3, 0.4) is 0 Å². The van der Waals surface area contributed by atoms with E-state index in [0.717, 1.165) is 25.1 Å². The first kappa shape index (κ1) is 14.0. The number of rotatable bonds is 2. The zero-order valence-corrected chi connectivity index (χ0v) is 13.8. The Morgan fingerprint density at radius 1 is 1.50 bits per heavy atom. The Bertz CT molecular complexity index is 639. The molecule has 1 heterocycles. The fraction of sp³-hybridized carbons (Fsp3) is 0.250. The highest BCUT2D eigenvalue weighted by molar-refractivity contribution is 14.1. The lowest BCUT2D eigenvalue weighted by Crippen LogP contribution is -2.01. The van der Waals surface area contributed by atoms with E-state index in [2.05, 4.69) is 22.6 Å². The molecule has 3 nitrogen and oxygen atoms in total. The summed E-state index contributed by atoms with van der Waals surface area (Å²) in [6.07, 6.45) is 2.00. The van der Waals surface area contributed by atoms with Crippen LogP contribution in [0.2, 0.25) is 0 Å². The summed E-state index contributed by atoms with van der Waals surface area (Å²) in [5, 5.41) is 0.988. The standard InChI is InChI=1S/C12H11ClINO2S/c1-6-11(18-3)8-4-7(12(16)17-2)5-9(14)10(8)15(6)13/h4-5H,1-3H3. The van der Waals surface area contributed by atoms with E-state index in [4.69, 9.17) is 16.5 Å². The van der Waals surface area contributed by atoms with Crippen molar-refractivity contribution in [3.63, 3.8) is 0 Å². The van der Waals surface area contributed by atoms with Gasteiger partial charge < -0.3 is 4.74 Å². The normalized spacial score (nSPS) is 10.9. The van der Waals surface area contributed by atoms with E-state index in [9.17, 15) is 4.79 Å². The number of carbonyl (C=O) groups excluding carboxylic acids is 1. The van der Waals surface area contributed by atoms with Crippen molar-refractivity contribution in [1.29, 1.82) is 0 Å². The van der Waals surface area contributed by atoms with E-state index in [1.807, 2.05) is 19.2 Å². The van der Waals surface area contributed by atoms with Gasteiger partial charge in [0.15, 0.2) is 0 Å². The summed E-state index contributed by atoms with van der Waals surface area (Å²) < 4.78 is 7.34.